The number of hydrogen-bond acceptors (Lipinski definition) is 8. The molecule has 5 amide bonds. The highest BCUT2D eigenvalue weighted by Gasteiger charge is 2.24. The molecule has 0 saturated heterocycles. The Kier molecular flexibility index (Phi) is 14.8. The summed E-state index contributed by atoms with van der Waals surface area (Å²) in [4.78, 5) is 74.8. The molecular weight excluding hydrogens is 478 g/mol. The number of nitrogens with two attached hydrogens (primary N) is 4. The molecule has 0 bridgehead atoms. The van der Waals surface area contributed by atoms with E-state index >= 15 is 0 Å². The summed E-state index contributed by atoms with van der Waals surface area (Å²) in [7, 11) is 0. The molecule has 0 aliphatic carbocycles. The number of aliphatic carboxylic acids is 1. The third kappa shape index (κ3) is 15.0. The van der Waals surface area contributed by atoms with Crippen molar-refractivity contribution in [1.82, 2.24) is 21.3 Å². The Hall–Kier alpha value is -3.95. The second kappa shape index (κ2) is 16.6. The average molecular weight is 516 g/mol. The monoisotopic (exact) mass is 515 g/mol. The maximum absolute atomic E-state index is 12.6. The lowest BCUT2D eigenvalue weighted by Crippen LogP contribution is -2.53. The molecule has 0 aliphatic rings. The molecule has 0 spiro atoms. The number of aliphatic imine (C=N–C) groups is 1. The number of rotatable bonds is 17. The van der Waals surface area contributed by atoms with Crippen LogP contribution in [-0.4, -0.2) is 84.3 Å². The van der Waals surface area contributed by atoms with E-state index in [0.717, 1.165) is 0 Å². The van der Waals surface area contributed by atoms with E-state index in [4.69, 9.17) is 22.9 Å². The van der Waals surface area contributed by atoms with Crippen LogP contribution in [0.1, 0.15) is 39.5 Å². The molecule has 13 N–H and O–H groups in total. The Morgan fingerprint density at radius 1 is 0.861 bits per heavy atom. The Bertz CT molecular complexity index is 828. The number of nitrogens with one attached hydrogen (secondary N) is 4. The van der Waals surface area contributed by atoms with Crippen molar-refractivity contribution in [1.29, 1.82) is 0 Å². The minimum Gasteiger partial charge on any atom is -0.480 e. The highest BCUT2D eigenvalue weighted by molar-refractivity contribution is 5.93. The quantitative estimate of drug-likeness (QED) is 0.0508. The number of carbonyl (C=O) groups excluding carboxylic acids is 5. The van der Waals surface area contributed by atoms with Gasteiger partial charge >= 0.3 is 5.97 Å². The Morgan fingerprint density at radius 2 is 1.39 bits per heavy atom. The number of carboxylic acids is 1. The van der Waals surface area contributed by atoms with Crippen molar-refractivity contribution in [2.75, 3.05) is 19.6 Å². The highest BCUT2D eigenvalue weighted by atomic mass is 16.4. The fourth-order valence-corrected chi connectivity index (χ4v) is 2.85. The molecule has 16 heteroatoms. The molecule has 3 atom stereocenters. The third-order valence-electron chi connectivity index (χ3n) is 4.54. The topological polar surface area (TPSA) is 287 Å². The summed E-state index contributed by atoms with van der Waals surface area (Å²) in [5.74, 6) is -5.12. The lowest BCUT2D eigenvalue weighted by molar-refractivity contribution is -0.142. The Balaban J connectivity index is 5.00. The van der Waals surface area contributed by atoms with Gasteiger partial charge < -0.3 is 49.3 Å². The number of primary amides is 1. The van der Waals surface area contributed by atoms with Crippen LogP contribution in [0, 0.1) is 5.92 Å². The van der Waals surface area contributed by atoms with Gasteiger partial charge in [-0.15, -0.1) is 0 Å². The van der Waals surface area contributed by atoms with E-state index in [1.54, 1.807) is 13.8 Å². The molecule has 16 nitrogen and oxygen atoms in total. The largest absolute Gasteiger partial charge is 0.480 e. The van der Waals surface area contributed by atoms with Gasteiger partial charge in [0.2, 0.25) is 29.5 Å². The maximum Gasteiger partial charge on any atom is 0.326 e. The van der Waals surface area contributed by atoms with Gasteiger partial charge in [0, 0.05) is 6.54 Å². The number of guanidine groups is 1. The molecule has 0 aromatic heterocycles. The summed E-state index contributed by atoms with van der Waals surface area (Å²) in [6.45, 7) is 2.69. The van der Waals surface area contributed by atoms with Gasteiger partial charge in [-0.3, -0.25) is 29.0 Å². The Labute approximate surface area is 208 Å². The predicted octanol–water partition coefficient (Wildman–Crippen LogP) is -4.42. The molecule has 0 radical (unpaired) electrons. The van der Waals surface area contributed by atoms with Crippen molar-refractivity contribution in [2.45, 2.75) is 57.7 Å². The van der Waals surface area contributed by atoms with Gasteiger partial charge in [0.15, 0.2) is 5.96 Å². The van der Waals surface area contributed by atoms with Gasteiger partial charge in [-0.2, -0.15) is 0 Å². The number of nitrogens with zero attached hydrogens (tertiary/aromatic N) is 1. The smallest absolute Gasteiger partial charge is 0.326 e. The standard InChI is InChI=1S/C20H37N9O7/c1-10(2)6-13(19(35)36)29-16(32)9-27-18(34)12(4-3-5-25-20(23)24)28-15(31)8-26-17(33)11(21)7-14(22)30/h10-13H,3-9,21H2,1-2H3,(H2,22,30)(H,26,33)(H,27,34)(H,28,31)(H,29,32)(H,35,36)(H4,23,24,25)/t11-,12-,13-/m0/s1. The first kappa shape index (κ1) is 32.0. The number of hydrogen-bond donors (Lipinski definition) is 9. The molecule has 0 fully saturated rings. The van der Waals surface area contributed by atoms with Gasteiger partial charge in [-0.25, -0.2) is 4.79 Å². The summed E-state index contributed by atoms with van der Waals surface area (Å²) >= 11 is 0. The average Bonchev–Trinajstić information content (AvgIpc) is 2.76. The van der Waals surface area contributed by atoms with Crippen molar-refractivity contribution in [3.63, 3.8) is 0 Å². The van der Waals surface area contributed by atoms with Crippen LogP contribution in [0.25, 0.3) is 0 Å². The van der Waals surface area contributed by atoms with Crippen LogP contribution < -0.4 is 44.2 Å². The molecule has 0 aromatic carbocycles. The van der Waals surface area contributed by atoms with E-state index < -0.39 is 73.1 Å². The van der Waals surface area contributed by atoms with Gasteiger partial charge in [0.1, 0.15) is 12.1 Å². The lowest BCUT2D eigenvalue weighted by Gasteiger charge is -2.20. The fourth-order valence-electron chi connectivity index (χ4n) is 2.85. The minimum atomic E-state index is -1.24. The number of carbonyl (C=O) groups is 6. The van der Waals surface area contributed by atoms with Crippen LogP contribution in [-0.2, 0) is 28.8 Å². The Morgan fingerprint density at radius 3 is 1.86 bits per heavy atom. The molecule has 36 heavy (non-hydrogen) atoms. The molecule has 0 rings (SSSR count). The van der Waals surface area contributed by atoms with E-state index in [-0.39, 0.29) is 37.7 Å². The van der Waals surface area contributed by atoms with Gasteiger partial charge in [-0.1, -0.05) is 13.8 Å². The van der Waals surface area contributed by atoms with Crippen LogP contribution in [0.15, 0.2) is 4.99 Å². The van der Waals surface area contributed by atoms with Crippen molar-refractivity contribution in [2.24, 2.45) is 33.8 Å². The maximum atomic E-state index is 12.6. The van der Waals surface area contributed by atoms with Gasteiger partial charge in [0.25, 0.3) is 0 Å². The SMILES string of the molecule is CC(C)C[C@H](NC(=O)CNC(=O)[C@H](CCCN=C(N)N)NC(=O)CNC(=O)[C@@H](N)CC(N)=O)C(=O)O. The first-order valence-electron chi connectivity index (χ1n) is 11.2. The summed E-state index contributed by atoms with van der Waals surface area (Å²) < 4.78 is 0. The number of amides is 5. The molecule has 0 saturated carbocycles. The van der Waals surface area contributed by atoms with Crippen molar-refractivity contribution >= 4 is 41.5 Å². The predicted molar refractivity (Wildman–Crippen MR) is 129 cm³/mol. The molecular formula is C20H37N9O7. The molecule has 0 aliphatic heterocycles. The molecule has 204 valence electrons. The van der Waals surface area contributed by atoms with Crippen LogP contribution >= 0.6 is 0 Å². The highest BCUT2D eigenvalue weighted by Crippen LogP contribution is 2.05. The zero-order chi connectivity index (χ0) is 27.8. The zero-order valence-electron chi connectivity index (χ0n) is 20.4. The van der Waals surface area contributed by atoms with E-state index in [0.29, 0.717) is 0 Å². The van der Waals surface area contributed by atoms with E-state index in [1.165, 1.54) is 0 Å². The van der Waals surface area contributed by atoms with Crippen LogP contribution in [0.2, 0.25) is 0 Å². The van der Waals surface area contributed by atoms with Crippen molar-refractivity contribution in [3.8, 4) is 0 Å². The van der Waals surface area contributed by atoms with Crippen LogP contribution in [0.3, 0.4) is 0 Å². The molecule has 0 aromatic rings. The van der Waals surface area contributed by atoms with Gasteiger partial charge in [-0.05, 0) is 25.2 Å². The second-order valence-corrected chi connectivity index (χ2v) is 8.37. The van der Waals surface area contributed by atoms with Crippen LogP contribution in [0.5, 0.6) is 0 Å². The number of carboxylic acid groups (broad SMARTS) is 1. The third-order valence-corrected chi connectivity index (χ3v) is 4.54. The first-order valence-corrected chi connectivity index (χ1v) is 11.2. The molecule has 0 heterocycles. The van der Waals surface area contributed by atoms with E-state index in [2.05, 4.69) is 26.3 Å². The second-order valence-electron chi connectivity index (χ2n) is 8.37. The lowest BCUT2D eigenvalue weighted by atomic mass is 10.0. The summed E-state index contributed by atoms with van der Waals surface area (Å²) in [5, 5.41) is 18.5. The van der Waals surface area contributed by atoms with Crippen LogP contribution in [0.4, 0.5) is 0 Å². The summed E-state index contributed by atoms with van der Waals surface area (Å²) in [6, 6.07) is -3.48. The minimum absolute atomic E-state index is 0.0108. The van der Waals surface area contributed by atoms with Gasteiger partial charge in [0.05, 0.1) is 25.6 Å². The van der Waals surface area contributed by atoms with Crippen molar-refractivity contribution in [3.05, 3.63) is 0 Å². The fraction of sp³-hybridized carbons (Fsp3) is 0.650. The normalized spacial score (nSPS) is 13.0. The van der Waals surface area contributed by atoms with E-state index in [9.17, 15) is 33.9 Å². The summed E-state index contributed by atoms with van der Waals surface area (Å²) in [5.41, 5.74) is 21.0. The van der Waals surface area contributed by atoms with E-state index in [1.807, 2.05) is 0 Å². The first-order chi connectivity index (χ1) is 16.7. The summed E-state index contributed by atoms with van der Waals surface area (Å²) in [6.07, 6.45) is 0.155. The van der Waals surface area contributed by atoms with Crippen molar-refractivity contribution < 1.29 is 33.9 Å². The zero-order valence-corrected chi connectivity index (χ0v) is 20.4. The molecule has 0 unspecified atom stereocenters.